The summed E-state index contributed by atoms with van der Waals surface area (Å²) in [5, 5.41) is 8.60. The third-order valence-electron chi connectivity index (χ3n) is 1.89. The number of benzene rings is 1. The molecule has 1 aromatic carbocycles. The first kappa shape index (κ1) is 10.9. The van der Waals surface area contributed by atoms with E-state index in [2.05, 4.69) is 16.3 Å². The van der Waals surface area contributed by atoms with E-state index in [0.29, 0.717) is 0 Å². The Morgan fingerprint density at radius 2 is 2.20 bits per heavy atom. The van der Waals surface area contributed by atoms with Gasteiger partial charge in [-0.05, 0) is 18.1 Å². The van der Waals surface area contributed by atoms with Crippen molar-refractivity contribution in [2.24, 2.45) is 0 Å². The van der Waals surface area contributed by atoms with E-state index in [-0.39, 0.29) is 0 Å². The van der Waals surface area contributed by atoms with Gasteiger partial charge in [-0.25, -0.2) is 0 Å². The lowest BCUT2D eigenvalue weighted by atomic mass is 10.2. The predicted molar refractivity (Wildman–Crippen MR) is 65.8 cm³/mol. The van der Waals surface area contributed by atoms with Crippen LogP contribution in [0.5, 0.6) is 0 Å². The zero-order valence-electron chi connectivity index (χ0n) is 7.89. The summed E-state index contributed by atoms with van der Waals surface area (Å²) in [6.45, 7) is 0. The van der Waals surface area contributed by atoms with Crippen LogP contribution < -0.4 is 0 Å². The molecular weight excluding hydrogens is 248 g/mol. The predicted octanol–water partition coefficient (Wildman–Crippen LogP) is 3.53. The first-order valence-electron chi connectivity index (χ1n) is 4.48. The van der Waals surface area contributed by atoms with Gasteiger partial charge in [0.2, 0.25) is 0 Å². The molecule has 0 fully saturated rings. The lowest BCUT2D eigenvalue weighted by molar-refractivity contribution is 1.01. The molecule has 2 rings (SSSR count). The molecule has 0 atom stereocenters. The van der Waals surface area contributed by atoms with E-state index in [0.717, 1.165) is 21.5 Å². The number of aryl methyl sites for hydroxylation is 1. The Bertz CT molecular complexity index is 417. The van der Waals surface area contributed by atoms with Gasteiger partial charge in [0, 0.05) is 10.8 Å². The van der Waals surface area contributed by atoms with Crippen molar-refractivity contribution >= 4 is 34.7 Å². The minimum absolute atomic E-state index is 0.843. The summed E-state index contributed by atoms with van der Waals surface area (Å²) >= 11 is 9.34. The summed E-state index contributed by atoms with van der Waals surface area (Å²) in [5.41, 5.74) is 2.94. The summed E-state index contributed by atoms with van der Waals surface area (Å²) in [7, 11) is 0. The standard InChI is InChI=1S/C10H9ClN2S2/c11-9-4-2-1-3-8(9)5-6-14-10-13-12-7-15-10/h1-4,7H,5-6H2. The SMILES string of the molecule is Clc1ccccc1CCSc1nncs1. The molecule has 0 aliphatic rings. The van der Waals surface area contributed by atoms with Crippen LogP contribution in [0.4, 0.5) is 0 Å². The highest BCUT2D eigenvalue weighted by molar-refractivity contribution is 8.00. The molecule has 1 aromatic heterocycles. The van der Waals surface area contributed by atoms with Crippen molar-refractivity contribution < 1.29 is 0 Å². The molecule has 78 valence electrons. The lowest BCUT2D eigenvalue weighted by Crippen LogP contribution is -1.89. The van der Waals surface area contributed by atoms with E-state index in [1.54, 1.807) is 28.6 Å². The number of aromatic nitrogens is 2. The summed E-state index contributed by atoms with van der Waals surface area (Å²) in [4.78, 5) is 0. The number of thioether (sulfide) groups is 1. The zero-order chi connectivity index (χ0) is 10.5. The van der Waals surface area contributed by atoms with Gasteiger partial charge in [0.15, 0.2) is 4.34 Å². The van der Waals surface area contributed by atoms with Crippen LogP contribution in [0.3, 0.4) is 0 Å². The van der Waals surface area contributed by atoms with Crippen molar-refractivity contribution in [1.29, 1.82) is 0 Å². The Labute approximate surface area is 102 Å². The van der Waals surface area contributed by atoms with Crippen molar-refractivity contribution in [3.63, 3.8) is 0 Å². The maximum atomic E-state index is 6.05. The minimum atomic E-state index is 0.843. The second kappa shape index (κ2) is 5.49. The Kier molecular flexibility index (Phi) is 4.00. The van der Waals surface area contributed by atoms with Gasteiger partial charge in [0.05, 0.1) is 0 Å². The fourth-order valence-corrected chi connectivity index (χ4v) is 2.94. The van der Waals surface area contributed by atoms with E-state index >= 15 is 0 Å². The van der Waals surface area contributed by atoms with Crippen LogP contribution in [0.15, 0.2) is 34.1 Å². The zero-order valence-corrected chi connectivity index (χ0v) is 10.3. The maximum Gasteiger partial charge on any atom is 0.174 e. The van der Waals surface area contributed by atoms with Gasteiger partial charge < -0.3 is 0 Å². The second-order valence-corrected chi connectivity index (χ2v) is 5.48. The molecule has 0 saturated carbocycles. The lowest BCUT2D eigenvalue weighted by Gasteiger charge is -2.01. The fourth-order valence-electron chi connectivity index (χ4n) is 1.18. The maximum absolute atomic E-state index is 6.05. The minimum Gasteiger partial charge on any atom is -0.146 e. The summed E-state index contributed by atoms with van der Waals surface area (Å²) < 4.78 is 1.02. The van der Waals surface area contributed by atoms with E-state index in [1.165, 1.54) is 5.56 Å². The van der Waals surface area contributed by atoms with Gasteiger partial charge >= 0.3 is 0 Å². The van der Waals surface area contributed by atoms with Crippen molar-refractivity contribution in [2.75, 3.05) is 5.75 Å². The molecule has 1 heterocycles. The normalized spacial score (nSPS) is 10.5. The van der Waals surface area contributed by atoms with Crippen LogP contribution in [-0.4, -0.2) is 16.0 Å². The topological polar surface area (TPSA) is 25.8 Å². The molecule has 2 aromatic rings. The molecule has 0 spiro atoms. The molecule has 0 aliphatic heterocycles. The molecule has 5 heteroatoms. The molecule has 0 bridgehead atoms. The Balaban J connectivity index is 1.86. The highest BCUT2D eigenvalue weighted by Gasteiger charge is 2.01. The van der Waals surface area contributed by atoms with Crippen molar-refractivity contribution in [1.82, 2.24) is 10.2 Å². The Hall–Kier alpha value is -0.580. The number of hydrogen-bond acceptors (Lipinski definition) is 4. The average molecular weight is 257 g/mol. The fraction of sp³-hybridized carbons (Fsp3) is 0.200. The highest BCUT2D eigenvalue weighted by Crippen LogP contribution is 2.22. The van der Waals surface area contributed by atoms with Crippen LogP contribution in [0.25, 0.3) is 0 Å². The Morgan fingerprint density at radius 3 is 2.93 bits per heavy atom. The third kappa shape index (κ3) is 3.19. The number of nitrogens with zero attached hydrogens (tertiary/aromatic N) is 2. The van der Waals surface area contributed by atoms with Crippen LogP contribution in [0.1, 0.15) is 5.56 Å². The smallest absolute Gasteiger partial charge is 0.146 e. The van der Waals surface area contributed by atoms with Crippen molar-refractivity contribution in [3.8, 4) is 0 Å². The third-order valence-corrected chi connectivity index (χ3v) is 4.13. The van der Waals surface area contributed by atoms with E-state index < -0.39 is 0 Å². The van der Waals surface area contributed by atoms with E-state index in [9.17, 15) is 0 Å². The van der Waals surface area contributed by atoms with Gasteiger partial charge in [-0.2, -0.15) is 0 Å². The largest absolute Gasteiger partial charge is 0.174 e. The van der Waals surface area contributed by atoms with Crippen molar-refractivity contribution in [3.05, 3.63) is 40.4 Å². The molecule has 0 saturated heterocycles. The van der Waals surface area contributed by atoms with Crippen LogP contribution in [0.2, 0.25) is 5.02 Å². The number of hydrogen-bond donors (Lipinski definition) is 0. The van der Waals surface area contributed by atoms with Gasteiger partial charge in [-0.15, -0.1) is 10.2 Å². The van der Waals surface area contributed by atoms with E-state index in [4.69, 9.17) is 11.6 Å². The monoisotopic (exact) mass is 256 g/mol. The molecule has 0 unspecified atom stereocenters. The van der Waals surface area contributed by atoms with Crippen LogP contribution in [0, 0.1) is 0 Å². The van der Waals surface area contributed by atoms with Crippen LogP contribution >= 0.6 is 34.7 Å². The molecular formula is C10H9ClN2S2. The molecule has 2 nitrogen and oxygen atoms in total. The molecule has 0 amide bonds. The van der Waals surface area contributed by atoms with E-state index in [1.807, 2.05) is 18.2 Å². The molecule has 15 heavy (non-hydrogen) atoms. The van der Waals surface area contributed by atoms with Gasteiger partial charge in [-0.3, -0.25) is 0 Å². The molecule has 0 aliphatic carbocycles. The first-order valence-corrected chi connectivity index (χ1v) is 6.73. The second-order valence-electron chi connectivity index (χ2n) is 2.89. The van der Waals surface area contributed by atoms with Crippen molar-refractivity contribution in [2.45, 2.75) is 10.8 Å². The number of halogens is 1. The highest BCUT2D eigenvalue weighted by atomic mass is 35.5. The summed E-state index contributed by atoms with van der Waals surface area (Å²) in [5.74, 6) is 0.985. The van der Waals surface area contributed by atoms with Gasteiger partial charge in [-0.1, -0.05) is 52.9 Å². The number of rotatable bonds is 4. The summed E-state index contributed by atoms with van der Waals surface area (Å²) in [6.07, 6.45) is 0.962. The molecule has 0 N–H and O–H groups in total. The first-order chi connectivity index (χ1) is 7.36. The molecule has 0 radical (unpaired) electrons. The Morgan fingerprint density at radius 1 is 1.33 bits per heavy atom. The van der Waals surface area contributed by atoms with Gasteiger partial charge in [0.1, 0.15) is 5.51 Å². The average Bonchev–Trinajstić information content (AvgIpc) is 2.74. The van der Waals surface area contributed by atoms with Gasteiger partial charge in [0.25, 0.3) is 0 Å². The quantitative estimate of drug-likeness (QED) is 0.783. The summed E-state index contributed by atoms with van der Waals surface area (Å²) in [6, 6.07) is 7.94. The van der Waals surface area contributed by atoms with Crippen LogP contribution in [-0.2, 0) is 6.42 Å².